The van der Waals surface area contributed by atoms with Crippen molar-refractivity contribution in [3.63, 3.8) is 0 Å². The van der Waals surface area contributed by atoms with Crippen molar-refractivity contribution >= 4 is 17.3 Å². The molecule has 0 saturated heterocycles. The lowest BCUT2D eigenvalue weighted by atomic mass is 9.87. The molecule has 1 aliphatic rings. The molecule has 3 heteroatoms. The SMILES string of the molecule is CC1CC(Nc2ccccc2)c2ccccc2N1C(=O)C(C)(C)C. The Morgan fingerprint density at radius 1 is 1.04 bits per heavy atom. The first-order chi connectivity index (χ1) is 11.4. The minimum Gasteiger partial charge on any atom is -0.378 e. The van der Waals surface area contributed by atoms with Gasteiger partial charge in [-0.05, 0) is 37.1 Å². The number of carbonyl (C=O) groups excluding carboxylic acids is 1. The van der Waals surface area contributed by atoms with E-state index in [0.29, 0.717) is 0 Å². The number of hydrogen-bond donors (Lipinski definition) is 1. The van der Waals surface area contributed by atoms with Gasteiger partial charge in [-0.25, -0.2) is 0 Å². The van der Waals surface area contributed by atoms with Crippen molar-refractivity contribution < 1.29 is 4.79 Å². The second-order valence-electron chi connectivity index (χ2n) is 7.63. The van der Waals surface area contributed by atoms with Gasteiger partial charge in [0.05, 0.1) is 6.04 Å². The lowest BCUT2D eigenvalue weighted by molar-refractivity contribution is -0.126. The van der Waals surface area contributed by atoms with Gasteiger partial charge in [0, 0.05) is 22.8 Å². The molecule has 2 aromatic carbocycles. The van der Waals surface area contributed by atoms with Gasteiger partial charge in [-0.15, -0.1) is 0 Å². The molecule has 0 fully saturated rings. The maximum absolute atomic E-state index is 13.0. The van der Waals surface area contributed by atoms with Crippen LogP contribution >= 0.6 is 0 Å². The third kappa shape index (κ3) is 3.16. The van der Waals surface area contributed by atoms with Gasteiger partial charge in [0.2, 0.25) is 5.91 Å². The maximum atomic E-state index is 13.0. The Morgan fingerprint density at radius 3 is 2.33 bits per heavy atom. The van der Waals surface area contributed by atoms with Crippen molar-refractivity contribution in [1.29, 1.82) is 0 Å². The highest BCUT2D eigenvalue weighted by Gasteiger charge is 2.37. The zero-order chi connectivity index (χ0) is 17.3. The van der Waals surface area contributed by atoms with Gasteiger partial charge >= 0.3 is 0 Å². The summed E-state index contributed by atoms with van der Waals surface area (Å²) in [6.07, 6.45) is 0.897. The maximum Gasteiger partial charge on any atom is 0.232 e. The first kappa shape index (κ1) is 16.6. The first-order valence-electron chi connectivity index (χ1n) is 8.62. The average Bonchev–Trinajstić information content (AvgIpc) is 2.55. The summed E-state index contributed by atoms with van der Waals surface area (Å²) in [6.45, 7) is 8.09. The van der Waals surface area contributed by atoms with Crippen molar-refractivity contribution in [2.24, 2.45) is 5.41 Å². The molecule has 3 nitrogen and oxygen atoms in total. The minimum absolute atomic E-state index is 0.160. The van der Waals surface area contributed by atoms with Crippen molar-refractivity contribution in [3.8, 4) is 0 Å². The van der Waals surface area contributed by atoms with E-state index in [4.69, 9.17) is 0 Å². The molecule has 1 heterocycles. The van der Waals surface area contributed by atoms with Crippen LogP contribution in [0.3, 0.4) is 0 Å². The highest BCUT2D eigenvalue weighted by atomic mass is 16.2. The number of rotatable bonds is 2. The van der Waals surface area contributed by atoms with Gasteiger partial charge in [-0.2, -0.15) is 0 Å². The average molecular weight is 322 g/mol. The number of carbonyl (C=O) groups is 1. The molecule has 0 saturated carbocycles. The zero-order valence-corrected chi connectivity index (χ0v) is 14.9. The van der Waals surface area contributed by atoms with Gasteiger partial charge in [0.15, 0.2) is 0 Å². The van der Waals surface area contributed by atoms with Crippen LogP contribution in [0.5, 0.6) is 0 Å². The highest BCUT2D eigenvalue weighted by Crippen LogP contribution is 2.40. The number of amides is 1. The Hall–Kier alpha value is -2.29. The topological polar surface area (TPSA) is 32.3 Å². The number of nitrogens with zero attached hydrogens (tertiary/aromatic N) is 1. The Balaban J connectivity index is 1.97. The van der Waals surface area contributed by atoms with E-state index in [9.17, 15) is 4.79 Å². The normalized spacial score (nSPS) is 20.4. The lowest BCUT2D eigenvalue weighted by Crippen LogP contribution is -2.48. The molecule has 0 aliphatic carbocycles. The van der Waals surface area contributed by atoms with Crippen LogP contribution in [0.2, 0.25) is 0 Å². The van der Waals surface area contributed by atoms with Crippen LogP contribution in [0, 0.1) is 5.41 Å². The fourth-order valence-electron chi connectivity index (χ4n) is 3.36. The Kier molecular flexibility index (Phi) is 4.35. The number of anilines is 2. The van der Waals surface area contributed by atoms with E-state index in [1.54, 1.807) is 0 Å². The molecule has 2 unspecified atom stereocenters. The molecule has 126 valence electrons. The van der Waals surface area contributed by atoms with Crippen LogP contribution in [0.15, 0.2) is 54.6 Å². The van der Waals surface area contributed by atoms with Gasteiger partial charge in [-0.1, -0.05) is 57.2 Å². The van der Waals surface area contributed by atoms with E-state index in [-0.39, 0.29) is 23.4 Å². The second-order valence-corrected chi connectivity index (χ2v) is 7.63. The van der Waals surface area contributed by atoms with Crippen molar-refractivity contribution in [2.75, 3.05) is 10.2 Å². The molecular weight excluding hydrogens is 296 g/mol. The van der Waals surface area contributed by atoms with Crippen molar-refractivity contribution in [3.05, 3.63) is 60.2 Å². The molecule has 0 spiro atoms. The largest absolute Gasteiger partial charge is 0.378 e. The highest BCUT2D eigenvalue weighted by molar-refractivity contribution is 5.98. The van der Waals surface area contributed by atoms with E-state index in [2.05, 4.69) is 36.5 Å². The first-order valence-corrected chi connectivity index (χ1v) is 8.62. The van der Waals surface area contributed by atoms with Crippen LogP contribution in [0.4, 0.5) is 11.4 Å². The predicted molar refractivity (Wildman–Crippen MR) is 100 cm³/mol. The molecule has 1 amide bonds. The Labute approximate surface area is 144 Å². The van der Waals surface area contributed by atoms with E-state index >= 15 is 0 Å². The van der Waals surface area contributed by atoms with E-state index in [1.165, 1.54) is 5.56 Å². The number of para-hydroxylation sites is 2. The fourth-order valence-corrected chi connectivity index (χ4v) is 3.36. The molecule has 2 aromatic rings. The molecule has 3 rings (SSSR count). The molecule has 24 heavy (non-hydrogen) atoms. The minimum atomic E-state index is -0.388. The number of fused-ring (bicyclic) bond motifs is 1. The molecule has 1 aliphatic heterocycles. The molecular formula is C21H26N2O. The lowest BCUT2D eigenvalue weighted by Gasteiger charge is -2.42. The second kappa shape index (κ2) is 6.31. The zero-order valence-electron chi connectivity index (χ0n) is 14.9. The van der Waals surface area contributed by atoms with Crippen LogP contribution in [0.25, 0.3) is 0 Å². The van der Waals surface area contributed by atoms with Gasteiger partial charge in [0.1, 0.15) is 0 Å². The standard InChI is InChI=1S/C21H26N2O/c1-15-14-18(22-16-10-6-5-7-11-16)17-12-8-9-13-19(17)23(15)20(24)21(2,3)4/h5-13,15,18,22H,14H2,1-4H3. The summed E-state index contributed by atoms with van der Waals surface area (Å²) in [7, 11) is 0. The smallest absolute Gasteiger partial charge is 0.232 e. The third-order valence-electron chi connectivity index (χ3n) is 4.56. The fraction of sp³-hybridized carbons (Fsp3) is 0.381. The Morgan fingerprint density at radius 2 is 1.67 bits per heavy atom. The van der Waals surface area contributed by atoms with Crippen molar-refractivity contribution in [1.82, 2.24) is 0 Å². The van der Waals surface area contributed by atoms with Crippen LogP contribution in [-0.2, 0) is 4.79 Å². The summed E-state index contributed by atoms with van der Waals surface area (Å²) in [4.78, 5) is 14.9. The Bertz CT molecular complexity index is 718. The molecule has 0 radical (unpaired) electrons. The quantitative estimate of drug-likeness (QED) is 0.843. The van der Waals surface area contributed by atoms with Crippen LogP contribution < -0.4 is 10.2 Å². The molecule has 1 N–H and O–H groups in total. The van der Waals surface area contributed by atoms with Gasteiger partial charge < -0.3 is 10.2 Å². The number of nitrogens with one attached hydrogen (secondary N) is 1. The van der Waals surface area contributed by atoms with E-state index in [0.717, 1.165) is 17.8 Å². The molecule has 2 atom stereocenters. The van der Waals surface area contributed by atoms with Gasteiger partial charge in [-0.3, -0.25) is 4.79 Å². The third-order valence-corrected chi connectivity index (χ3v) is 4.56. The van der Waals surface area contributed by atoms with E-state index in [1.807, 2.05) is 56.0 Å². The summed E-state index contributed by atoms with van der Waals surface area (Å²) >= 11 is 0. The molecule has 0 bridgehead atoms. The van der Waals surface area contributed by atoms with Gasteiger partial charge in [0.25, 0.3) is 0 Å². The predicted octanol–water partition coefficient (Wildman–Crippen LogP) is 5.01. The van der Waals surface area contributed by atoms with Crippen LogP contribution in [-0.4, -0.2) is 11.9 Å². The summed E-state index contributed by atoms with van der Waals surface area (Å²) in [5.41, 5.74) is 2.95. The summed E-state index contributed by atoms with van der Waals surface area (Å²) in [5, 5.41) is 3.63. The number of hydrogen-bond acceptors (Lipinski definition) is 2. The monoisotopic (exact) mass is 322 g/mol. The summed E-state index contributed by atoms with van der Waals surface area (Å²) in [6, 6.07) is 18.9. The van der Waals surface area contributed by atoms with Crippen molar-refractivity contribution in [2.45, 2.75) is 46.2 Å². The summed E-state index contributed by atoms with van der Waals surface area (Å²) in [5.74, 6) is 0.181. The van der Waals surface area contributed by atoms with Crippen LogP contribution in [0.1, 0.15) is 45.7 Å². The molecule has 0 aromatic heterocycles. The number of benzene rings is 2. The summed E-state index contributed by atoms with van der Waals surface area (Å²) < 4.78 is 0. The van der Waals surface area contributed by atoms with E-state index < -0.39 is 0 Å².